The number of alkyl carbamates (subject to hydrolysis) is 1. The number of anilines is 1. The number of likely N-dealkylation sites (N-methyl/N-ethyl adjacent to an activating group) is 2. The van der Waals surface area contributed by atoms with Gasteiger partial charge in [0.1, 0.15) is 36.7 Å². The van der Waals surface area contributed by atoms with Gasteiger partial charge in [-0.2, -0.15) is 0 Å². The number of hydrogen-bond donors (Lipinski definition) is 10. The number of hydrogen-bond acceptors (Lipinski definition) is 18. The van der Waals surface area contributed by atoms with Crippen LogP contribution in [-0.4, -0.2) is 206 Å². The summed E-state index contributed by atoms with van der Waals surface area (Å²) in [6.45, 7) is 12.9. The van der Waals surface area contributed by atoms with Crippen molar-refractivity contribution in [3.63, 3.8) is 0 Å². The van der Waals surface area contributed by atoms with Gasteiger partial charge in [0.15, 0.2) is 0 Å². The van der Waals surface area contributed by atoms with E-state index >= 15 is 0 Å². The van der Waals surface area contributed by atoms with Crippen LogP contribution in [-0.2, 0) is 58.9 Å². The van der Waals surface area contributed by atoms with E-state index in [1.807, 2.05) is 24.4 Å². The second kappa shape index (κ2) is 44.1. The SMILES string of the molecule is Cc1c2ccncc2c(C)c2c1[nH]c1ccc(OC(=O)N(C)CCN(C)C(=O)OCc3ccc(NC(=O)[C@H](CCCNC(N)=O)NC(=O)[C@@H](NC(=O)COCC[NH+]4[N-]NC5=C4CC[C@H]4[C@@H](CC5)[C@H]4COC(=O)NCCOCCOCCOCCOCCC(=O)NCCCCC4CCCCCCC4)C(C)C)cc3)cc12. The minimum absolute atomic E-state index is 0.0290. The second-order valence-electron chi connectivity index (χ2n) is 29.3. The lowest BCUT2D eigenvalue weighted by Crippen LogP contribution is -3.06. The van der Waals surface area contributed by atoms with Crippen LogP contribution in [0.2, 0.25) is 0 Å². The zero-order valence-electron chi connectivity index (χ0n) is 64.5. The molecule has 0 bridgehead atoms. The minimum atomic E-state index is -1.09. The van der Waals surface area contributed by atoms with Crippen molar-refractivity contribution < 1.29 is 81.3 Å². The van der Waals surface area contributed by atoms with E-state index in [2.05, 4.69) is 66.7 Å². The highest BCUT2D eigenvalue weighted by Gasteiger charge is 2.51. The number of pyridine rings is 1. The Morgan fingerprint density at radius 1 is 0.670 bits per heavy atom. The molecule has 1 aliphatic heterocycles. The quantitative estimate of drug-likeness (QED) is 0.0164. The molecule has 2 saturated carbocycles. The molecule has 6 atom stereocenters. The monoisotopic (exact) mass is 1520 g/mol. The van der Waals surface area contributed by atoms with Gasteiger partial charge in [0.05, 0.1) is 83.8 Å². The van der Waals surface area contributed by atoms with Crippen LogP contribution in [0.3, 0.4) is 0 Å². The largest absolute Gasteiger partial charge is 0.449 e. The molecule has 3 heterocycles. The first-order valence-corrected chi connectivity index (χ1v) is 39.0. The lowest BCUT2D eigenvalue weighted by molar-refractivity contribution is -0.821. The molecule has 0 saturated heterocycles. The van der Waals surface area contributed by atoms with Crippen molar-refractivity contribution in [1.29, 1.82) is 0 Å². The Balaban J connectivity index is 0.593. The fourth-order valence-electron chi connectivity index (χ4n) is 14.6. The summed E-state index contributed by atoms with van der Waals surface area (Å²) in [6.07, 6.45) is 19.3. The number of H-pyrrole nitrogens is 1. The standard InChI is InChI=1S/C79H116N14O16/c1-52(2)72(75(97)87-67(18-14-32-83-76(80)98)74(96)85-57-21-19-56(20-22-57)49-108-78(100)91(5)35-36-92(6)79(101)109-58-23-26-65-62(47-58)71-53(3)63-48-81-33-29-59(63)54(4)73(71)86-65)88-70(95)51-106-40-37-93-68-28-25-61-60(24-27-66(68)89-90-93)64(61)50-107-77(99)84-34-39-103-42-44-105-46-45-104-43-41-102-38-30-69(94)82-31-13-12-17-55-15-10-8-7-9-11-16-55/h19-23,26,29,33,47-48,52,55,60-61,64,67,72,86,89,93H,7-18,24-25,27-28,30-32,34-46,49-51H2,1-6H3,(H,82,94)(H,84,99)(H,85,96)(H,87,97)(H,88,95)(H3,80,83,98)/t60-,61+,64-,67+,72+/m1/s1. The first-order chi connectivity index (χ1) is 52.8. The van der Waals surface area contributed by atoms with Crippen molar-refractivity contribution in [2.45, 2.75) is 156 Å². The van der Waals surface area contributed by atoms with E-state index in [9.17, 15) is 38.4 Å². The van der Waals surface area contributed by atoms with E-state index in [1.165, 1.54) is 67.6 Å². The van der Waals surface area contributed by atoms with Gasteiger partial charge >= 0.3 is 24.3 Å². The number of carbonyl (C=O) groups excluding carboxylic acids is 8. The van der Waals surface area contributed by atoms with Crippen molar-refractivity contribution in [1.82, 2.24) is 51.8 Å². The predicted octanol–water partition coefficient (Wildman–Crippen LogP) is 8.38. The summed E-state index contributed by atoms with van der Waals surface area (Å²) < 4.78 is 45.1. The molecule has 0 spiro atoms. The maximum Gasteiger partial charge on any atom is 0.415 e. The number of ether oxygens (including phenoxy) is 8. The number of benzene rings is 3. The number of urea groups is 1. The lowest BCUT2D eigenvalue weighted by atomic mass is 9.88. The van der Waals surface area contributed by atoms with Crippen LogP contribution in [0.25, 0.3) is 38.1 Å². The fraction of sp³-hybridized carbons (Fsp3) is 0.608. The van der Waals surface area contributed by atoms with Gasteiger partial charge in [0.2, 0.25) is 23.6 Å². The summed E-state index contributed by atoms with van der Waals surface area (Å²) in [5.41, 5.74) is 20.5. The van der Waals surface area contributed by atoms with Gasteiger partial charge in [-0.15, -0.1) is 0 Å². The van der Waals surface area contributed by atoms with Gasteiger partial charge < -0.3 is 106 Å². The summed E-state index contributed by atoms with van der Waals surface area (Å²) in [5, 5.41) is 21.7. The lowest BCUT2D eigenvalue weighted by Gasteiger charge is -2.26. The van der Waals surface area contributed by atoms with Crippen molar-refractivity contribution >= 4 is 86.2 Å². The van der Waals surface area contributed by atoms with Gasteiger partial charge in [0, 0.05) is 99.4 Å². The number of unbranched alkanes of at least 4 members (excludes halogenated alkanes) is 1. The Hall–Kier alpha value is -8.91. The molecule has 30 nitrogen and oxygen atoms in total. The maximum absolute atomic E-state index is 13.9. The molecule has 9 rings (SSSR count). The molecule has 5 aromatic rings. The molecule has 9 amide bonds. The van der Waals surface area contributed by atoms with Crippen LogP contribution < -0.4 is 52.8 Å². The molecule has 30 heteroatoms. The van der Waals surface area contributed by atoms with E-state index < -0.39 is 54.1 Å². The van der Waals surface area contributed by atoms with E-state index in [0.29, 0.717) is 108 Å². The number of primary amides is 1. The number of carbonyl (C=O) groups is 8. The highest BCUT2D eigenvalue weighted by atomic mass is 16.6. The zero-order chi connectivity index (χ0) is 77.4. The Bertz CT molecular complexity index is 3830. The number of nitrogens with zero attached hydrogens (tertiary/aromatic N) is 4. The van der Waals surface area contributed by atoms with E-state index in [1.54, 1.807) is 64.5 Å². The first-order valence-electron chi connectivity index (χ1n) is 39.0. The van der Waals surface area contributed by atoms with Crippen molar-refractivity contribution in [2.75, 3.05) is 131 Å². The number of nitrogens with one attached hydrogen (secondary N) is 9. The summed E-state index contributed by atoms with van der Waals surface area (Å²) in [5.74, 6) is 0.388. The van der Waals surface area contributed by atoms with Gasteiger partial charge in [-0.3, -0.25) is 24.2 Å². The second-order valence-corrected chi connectivity index (χ2v) is 29.3. The molecule has 0 radical (unpaired) electrons. The molecule has 109 heavy (non-hydrogen) atoms. The number of quaternary nitrogens is 1. The highest BCUT2D eigenvalue weighted by molar-refractivity contribution is 6.16. The van der Waals surface area contributed by atoms with Gasteiger partial charge in [-0.1, -0.05) is 83.8 Å². The van der Waals surface area contributed by atoms with Crippen molar-refractivity contribution in [2.24, 2.45) is 35.3 Å². The molecular formula is C79H116N14O16. The molecule has 598 valence electrons. The average molecular weight is 1520 g/mol. The van der Waals surface area contributed by atoms with E-state index in [-0.39, 0.29) is 70.0 Å². The maximum atomic E-state index is 13.9. The number of nitrogens with two attached hydrogens (primary N) is 1. The summed E-state index contributed by atoms with van der Waals surface area (Å²) in [7, 11) is 3.15. The average Bonchev–Trinajstić information content (AvgIpc) is 1.63. The normalized spacial score (nSPS) is 17.7. The zero-order valence-corrected chi connectivity index (χ0v) is 64.5. The molecule has 3 aromatic carbocycles. The molecular weight excluding hydrogens is 1400 g/mol. The van der Waals surface area contributed by atoms with Crippen LogP contribution in [0.15, 0.2) is 72.3 Å². The van der Waals surface area contributed by atoms with Crippen molar-refractivity contribution in [3.8, 4) is 5.75 Å². The first kappa shape index (κ1) is 84.1. The third kappa shape index (κ3) is 26.7. The smallest absolute Gasteiger partial charge is 0.415 e. The van der Waals surface area contributed by atoms with Crippen LogP contribution in [0.5, 0.6) is 5.75 Å². The minimum Gasteiger partial charge on any atom is -0.449 e. The topological polar surface area (TPSA) is 374 Å². The summed E-state index contributed by atoms with van der Waals surface area (Å²) in [6, 6.07) is 11.2. The Morgan fingerprint density at radius 2 is 1.36 bits per heavy atom. The van der Waals surface area contributed by atoms with Crippen LogP contribution in [0.4, 0.5) is 24.9 Å². The third-order valence-electron chi connectivity index (χ3n) is 21.0. The number of aromatic amines is 1. The highest BCUT2D eigenvalue weighted by Crippen LogP contribution is 2.54. The van der Waals surface area contributed by atoms with Gasteiger partial charge in [-0.25, -0.2) is 19.2 Å². The van der Waals surface area contributed by atoms with Crippen LogP contribution >= 0.6 is 0 Å². The Labute approximate surface area is 639 Å². The molecule has 3 aliphatic carbocycles. The number of aromatic nitrogens is 2. The predicted molar refractivity (Wildman–Crippen MR) is 412 cm³/mol. The number of rotatable bonds is 43. The molecule has 1 unspecified atom stereocenters. The summed E-state index contributed by atoms with van der Waals surface area (Å²) >= 11 is 0. The fourth-order valence-corrected chi connectivity index (χ4v) is 14.6. The van der Waals surface area contributed by atoms with Gasteiger partial charge in [0.25, 0.3) is 0 Å². The Morgan fingerprint density at radius 3 is 2.08 bits per heavy atom. The number of fused-ring (bicyclic) bond motifs is 5. The van der Waals surface area contributed by atoms with E-state index in [4.69, 9.17) is 43.6 Å². The van der Waals surface area contributed by atoms with E-state index in [0.717, 1.165) is 105 Å². The molecule has 2 fully saturated rings. The van der Waals surface area contributed by atoms with Crippen molar-refractivity contribution in [3.05, 3.63) is 94.5 Å². The molecule has 2 aromatic heterocycles. The molecule has 4 aliphatic rings. The summed E-state index contributed by atoms with van der Waals surface area (Å²) in [4.78, 5) is 114. The number of allylic oxidation sites excluding steroid dienone is 2. The van der Waals surface area contributed by atoms with Gasteiger partial charge in [-0.05, 0) is 140 Å². The number of aryl methyl sites for hydroxylation is 2. The van der Waals surface area contributed by atoms with Crippen LogP contribution in [0, 0.1) is 43.4 Å². The molecule has 11 N–H and O–H groups in total. The number of amides is 9. The Kier molecular flexibility index (Phi) is 34.0. The third-order valence-corrected chi connectivity index (χ3v) is 21.0. The van der Waals surface area contributed by atoms with Crippen LogP contribution in [0.1, 0.15) is 140 Å².